The van der Waals surface area contributed by atoms with E-state index in [9.17, 15) is 0 Å². The van der Waals surface area contributed by atoms with Gasteiger partial charge in [0.25, 0.3) is 0 Å². The van der Waals surface area contributed by atoms with Crippen molar-refractivity contribution in [2.75, 3.05) is 6.26 Å². The predicted octanol–water partition coefficient (Wildman–Crippen LogP) is 3.09. The molecule has 3 heteroatoms. The summed E-state index contributed by atoms with van der Waals surface area (Å²) in [5.74, 6) is 0. The Morgan fingerprint density at radius 3 is 1.57 bits per heavy atom. The van der Waals surface area contributed by atoms with Crippen molar-refractivity contribution in [3.8, 4) is 0 Å². The van der Waals surface area contributed by atoms with Crippen LogP contribution in [-0.2, 0) is 0 Å². The van der Waals surface area contributed by atoms with Gasteiger partial charge in [-0.05, 0) is 29.7 Å². The molecule has 0 radical (unpaired) electrons. The van der Waals surface area contributed by atoms with Crippen LogP contribution in [0.5, 0.6) is 0 Å². The molecule has 2 aromatic heterocycles. The predicted molar refractivity (Wildman–Crippen MR) is 63.4 cm³/mol. The van der Waals surface area contributed by atoms with E-state index in [1.54, 1.807) is 0 Å². The molecule has 2 nitrogen and oxygen atoms in total. The van der Waals surface area contributed by atoms with Crippen LogP contribution < -0.4 is 0 Å². The zero-order valence-electron chi connectivity index (χ0n) is 8.21. The van der Waals surface area contributed by atoms with Gasteiger partial charge in [0.1, 0.15) is 0 Å². The maximum absolute atomic E-state index is 3.94. The number of aromatic nitrogens is 2. The molecule has 0 unspecified atom stereocenters. The monoisotopic (exact) mass is 206 g/mol. The van der Waals surface area contributed by atoms with Crippen LogP contribution >= 0.6 is 10.4 Å². The van der Waals surface area contributed by atoms with Gasteiger partial charge in [-0.25, -0.2) is 0 Å². The molecule has 0 fully saturated rings. The third kappa shape index (κ3) is 1.30. The van der Waals surface area contributed by atoms with E-state index >= 15 is 0 Å². The molecular weight excluding hydrogens is 192 g/mol. The standard InChI is InChI=1S/C11H14N2S/c1-3-14(2,12-8-4-5-9-12)13-10-6-7-11-13/h3-11H,1H2,2H3. The van der Waals surface area contributed by atoms with E-state index in [1.165, 1.54) is 0 Å². The lowest BCUT2D eigenvalue weighted by Crippen LogP contribution is -2.11. The van der Waals surface area contributed by atoms with E-state index in [0.717, 1.165) is 0 Å². The van der Waals surface area contributed by atoms with Crippen molar-refractivity contribution < 1.29 is 0 Å². The molecule has 2 rings (SSSR count). The average Bonchev–Trinajstić information content (AvgIpc) is 2.88. The van der Waals surface area contributed by atoms with Gasteiger partial charge in [-0.1, -0.05) is 17.0 Å². The Hall–Kier alpha value is -1.35. The Labute approximate surface area is 86.1 Å². The Balaban J connectivity index is 2.51. The summed E-state index contributed by atoms with van der Waals surface area (Å²) in [4.78, 5) is 0. The fraction of sp³-hybridized carbons (Fsp3) is 0.0909. The van der Waals surface area contributed by atoms with Crippen LogP contribution in [-0.4, -0.2) is 14.2 Å². The van der Waals surface area contributed by atoms with Crippen LogP contribution in [0.1, 0.15) is 0 Å². The SMILES string of the molecule is C=CS(C)(n1cccc1)n1cccc1. The van der Waals surface area contributed by atoms with E-state index in [1.807, 2.05) is 29.7 Å². The molecule has 0 amide bonds. The second-order valence-corrected chi connectivity index (χ2v) is 6.11. The highest BCUT2D eigenvalue weighted by molar-refractivity contribution is 8.33. The fourth-order valence-corrected chi connectivity index (χ4v) is 3.24. The van der Waals surface area contributed by atoms with Gasteiger partial charge in [0.05, 0.1) is 0 Å². The van der Waals surface area contributed by atoms with E-state index in [2.05, 4.69) is 45.6 Å². The highest BCUT2D eigenvalue weighted by Gasteiger charge is 2.15. The van der Waals surface area contributed by atoms with Gasteiger partial charge in [0.2, 0.25) is 0 Å². The summed E-state index contributed by atoms with van der Waals surface area (Å²) < 4.78 is 4.42. The molecule has 0 aromatic carbocycles. The first-order valence-electron chi connectivity index (χ1n) is 4.45. The first kappa shape index (κ1) is 9.21. The minimum absolute atomic E-state index is 1.15. The van der Waals surface area contributed by atoms with Crippen molar-refractivity contribution in [1.29, 1.82) is 0 Å². The summed E-state index contributed by atoms with van der Waals surface area (Å²) in [6, 6.07) is 8.16. The third-order valence-electron chi connectivity index (χ3n) is 2.32. The lowest BCUT2D eigenvalue weighted by atomic mass is 10.7. The highest BCUT2D eigenvalue weighted by Crippen LogP contribution is 2.47. The first-order chi connectivity index (χ1) is 6.77. The fourth-order valence-electron chi connectivity index (χ4n) is 1.41. The summed E-state index contributed by atoms with van der Waals surface area (Å²) in [7, 11) is -1.15. The minimum Gasteiger partial charge on any atom is -0.298 e. The molecule has 0 atom stereocenters. The summed E-state index contributed by atoms with van der Waals surface area (Å²) >= 11 is 0. The minimum atomic E-state index is -1.15. The number of nitrogens with zero attached hydrogens (tertiary/aromatic N) is 2. The molecule has 0 bridgehead atoms. The largest absolute Gasteiger partial charge is 0.298 e. The van der Waals surface area contributed by atoms with Gasteiger partial charge in [0, 0.05) is 31.0 Å². The van der Waals surface area contributed by atoms with Gasteiger partial charge < -0.3 is 0 Å². The third-order valence-corrected chi connectivity index (χ3v) is 5.15. The second-order valence-electron chi connectivity index (χ2n) is 3.15. The zero-order chi connectivity index (χ0) is 10.0. The van der Waals surface area contributed by atoms with Crippen molar-refractivity contribution in [1.82, 2.24) is 7.94 Å². The summed E-state index contributed by atoms with van der Waals surface area (Å²) in [6.45, 7) is 3.94. The molecule has 0 aliphatic rings. The van der Waals surface area contributed by atoms with Gasteiger partial charge in [-0.3, -0.25) is 7.94 Å². The highest BCUT2D eigenvalue weighted by atomic mass is 32.3. The zero-order valence-corrected chi connectivity index (χ0v) is 9.02. The summed E-state index contributed by atoms with van der Waals surface area (Å²) in [5.41, 5.74) is 0. The van der Waals surface area contributed by atoms with Gasteiger partial charge >= 0.3 is 0 Å². The van der Waals surface area contributed by atoms with Crippen LogP contribution in [0.4, 0.5) is 0 Å². The Morgan fingerprint density at radius 1 is 0.929 bits per heavy atom. The average molecular weight is 206 g/mol. The van der Waals surface area contributed by atoms with Gasteiger partial charge in [-0.2, -0.15) is 0 Å². The lowest BCUT2D eigenvalue weighted by molar-refractivity contribution is 1.15. The molecular formula is C11H14N2S. The van der Waals surface area contributed by atoms with E-state index in [-0.39, 0.29) is 0 Å². The molecule has 0 spiro atoms. The van der Waals surface area contributed by atoms with E-state index in [0.29, 0.717) is 0 Å². The Morgan fingerprint density at radius 2 is 1.29 bits per heavy atom. The second kappa shape index (κ2) is 3.42. The van der Waals surface area contributed by atoms with Gasteiger partial charge in [-0.15, -0.1) is 0 Å². The summed E-state index contributed by atoms with van der Waals surface area (Å²) in [5, 5.41) is 2.02. The van der Waals surface area contributed by atoms with Crippen LogP contribution in [0.2, 0.25) is 0 Å². The molecule has 0 saturated carbocycles. The molecule has 0 saturated heterocycles. The van der Waals surface area contributed by atoms with Crippen LogP contribution in [0, 0.1) is 0 Å². The smallest absolute Gasteiger partial charge is 0.0159 e. The van der Waals surface area contributed by atoms with Gasteiger partial charge in [0.15, 0.2) is 0 Å². The first-order valence-corrected chi connectivity index (χ1v) is 6.47. The van der Waals surface area contributed by atoms with Crippen LogP contribution in [0.3, 0.4) is 0 Å². The molecule has 14 heavy (non-hydrogen) atoms. The normalized spacial score (nSPS) is 12.6. The molecule has 74 valence electrons. The van der Waals surface area contributed by atoms with Crippen LogP contribution in [0.25, 0.3) is 0 Å². The lowest BCUT2D eigenvalue weighted by Gasteiger charge is -2.35. The maximum atomic E-state index is 3.94. The van der Waals surface area contributed by atoms with E-state index < -0.39 is 10.4 Å². The summed E-state index contributed by atoms with van der Waals surface area (Å²) in [6.07, 6.45) is 10.5. The number of hydrogen-bond acceptors (Lipinski definition) is 0. The molecule has 0 aliphatic carbocycles. The van der Waals surface area contributed by atoms with Crippen LogP contribution in [0.15, 0.2) is 61.0 Å². The molecule has 2 heterocycles. The Bertz CT molecular complexity index is 366. The van der Waals surface area contributed by atoms with E-state index in [4.69, 9.17) is 0 Å². The number of rotatable bonds is 3. The Kier molecular flexibility index (Phi) is 2.25. The number of hydrogen-bond donors (Lipinski definition) is 0. The molecule has 0 aliphatic heterocycles. The van der Waals surface area contributed by atoms with Crippen molar-refractivity contribution in [2.24, 2.45) is 0 Å². The van der Waals surface area contributed by atoms with Crippen molar-refractivity contribution in [2.45, 2.75) is 0 Å². The van der Waals surface area contributed by atoms with Crippen molar-refractivity contribution in [3.05, 3.63) is 61.0 Å². The maximum Gasteiger partial charge on any atom is 0.0159 e. The molecule has 2 aromatic rings. The van der Waals surface area contributed by atoms with Crippen molar-refractivity contribution in [3.63, 3.8) is 0 Å². The molecule has 0 N–H and O–H groups in total. The van der Waals surface area contributed by atoms with Crippen molar-refractivity contribution >= 4 is 10.4 Å². The topological polar surface area (TPSA) is 9.86 Å². The quantitative estimate of drug-likeness (QED) is 0.730.